The summed E-state index contributed by atoms with van der Waals surface area (Å²) in [7, 11) is -3.21. The Morgan fingerprint density at radius 3 is 2.33 bits per heavy atom. The average molecular weight is 564 g/mol. The van der Waals surface area contributed by atoms with E-state index in [1.54, 1.807) is 18.3 Å². The van der Waals surface area contributed by atoms with Crippen LogP contribution in [0.15, 0.2) is 59.6 Å². The minimum absolute atomic E-state index is 0.104. The topological polar surface area (TPSA) is 102 Å². The molecule has 3 fully saturated rings. The molecule has 1 aromatic carbocycles. The normalized spacial score (nSPS) is 19.4. The number of pyridine rings is 1. The minimum atomic E-state index is -3.21. The molecule has 1 atom stereocenters. The Hall–Kier alpha value is -3.01. The molecule has 0 spiro atoms. The Kier molecular flexibility index (Phi) is 8.05. The molecular weight excluding hydrogens is 526 g/mol. The minimum Gasteiger partial charge on any atom is -0.381 e. The lowest BCUT2D eigenvalue weighted by atomic mass is 9.83. The van der Waals surface area contributed by atoms with E-state index in [1.807, 2.05) is 29.2 Å². The molecule has 6 rings (SSSR count). The van der Waals surface area contributed by atoms with Gasteiger partial charge >= 0.3 is 0 Å². The SMILES string of the molecule is O=C(Cc1ccc(-c2ccc(C(CC3CCOCC3)c3ccc(S(=O)(=O)C4CC4)cc3)[nH]2)nc1)N1CCOCC1. The molecule has 1 aliphatic carbocycles. The molecule has 3 aromatic rings. The first-order valence-corrected chi connectivity index (χ1v) is 15.9. The number of rotatable bonds is 9. The summed E-state index contributed by atoms with van der Waals surface area (Å²) in [6.45, 7) is 4.05. The molecule has 3 aliphatic rings. The second-order valence-corrected chi connectivity index (χ2v) is 13.4. The second kappa shape index (κ2) is 11.8. The van der Waals surface area contributed by atoms with Crippen LogP contribution >= 0.6 is 0 Å². The molecule has 4 heterocycles. The number of aromatic amines is 1. The Balaban J connectivity index is 1.20. The van der Waals surface area contributed by atoms with Crippen molar-refractivity contribution in [2.75, 3.05) is 39.5 Å². The Morgan fingerprint density at radius 2 is 1.65 bits per heavy atom. The quantitative estimate of drug-likeness (QED) is 0.415. The van der Waals surface area contributed by atoms with Crippen molar-refractivity contribution in [2.24, 2.45) is 5.92 Å². The standard InChI is InChI=1S/C31H37N3O5S/c35-31(34-13-17-39-18-14-34)20-23-1-8-29(32-21-23)30-10-9-28(33-30)27(19-22-11-15-38-16-12-22)24-2-4-25(5-3-24)40(36,37)26-6-7-26/h1-5,8-10,21-22,26-27,33H,6-7,11-20H2. The number of sulfone groups is 1. The second-order valence-electron chi connectivity index (χ2n) is 11.2. The molecule has 212 valence electrons. The van der Waals surface area contributed by atoms with Crippen LogP contribution in [0.2, 0.25) is 0 Å². The molecule has 8 nitrogen and oxygen atoms in total. The lowest BCUT2D eigenvalue weighted by Crippen LogP contribution is -2.41. The van der Waals surface area contributed by atoms with Crippen molar-refractivity contribution in [3.05, 3.63) is 71.5 Å². The van der Waals surface area contributed by atoms with Gasteiger partial charge in [-0.3, -0.25) is 9.78 Å². The number of morpholine rings is 1. The van der Waals surface area contributed by atoms with E-state index >= 15 is 0 Å². The summed E-state index contributed by atoms with van der Waals surface area (Å²) in [5, 5.41) is -0.210. The van der Waals surface area contributed by atoms with E-state index in [2.05, 4.69) is 22.1 Å². The van der Waals surface area contributed by atoms with E-state index in [4.69, 9.17) is 9.47 Å². The molecule has 0 bridgehead atoms. The number of benzene rings is 1. The van der Waals surface area contributed by atoms with Gasteiger partial charge < -0.3 is 19.4 Å². The van der Waals surface area contributed by atoms with Gasteiger partial charge in [-0.25, -0.2) is 8.42 Å². The average Bonchev–Trinajstić information content (AvgIpc) is 3.76. The van der Waals surface area contributed by atoms with E-state index < -0.39 is 9.84 Å². The van der Waals surface area contributed by atoms with Gasteiger partial charge in [0, 0.05) is 44.1 Å². The fourth-order valence-electron chi connectivity index (χ4n) is 5.77. The maximum atomic E-state index is 12.7. The maximum absolute atomic E-state index is 12.7. The number of nitrogens with one attached hydrogen (secondary N) is 1. The van der Waals surface area contributed by atoms with E-state index in [0.29, 0.717) is 43.5 Å². The van der Waals surface area contributed by atoms with E-state index in [9.17, 15) is 13.2 Å². The summed E-state index contributed by atoms with van der Waals surface area (Å²) in [6, 6.07) is 15.6. The highest BCUT2D eigenvalue weighted by atomic mass is 32.2. The number of nitrogens with zero attached hydrogens (tertiary/aromatic N) is 2. The molecule has 1 N–H and O–H groups in total. The summed E-state index contributed by atoms with van der Waals surface area (Å²) in [4.78, 5) is 23.1. The molecule has 1 unspecified atom stereocenters. The van der Waals surface area contributed by atoms with Gasteiger partial charge in [0.05, 0.1) is 41.2 Å². The summed E-state index contributed by atoms with van der Waals surface area (Å²) in [6.07, 6.45) is 6.68. The van der Waals surface area contributed by atoms with Gasteiger partial charge in [-0.05, 0) is 79.5 Å². The highest BCUT2D eigenvalue weighted by Gasteiger charge is 2.37. The lowest BCUT2D eigenvalue weighted by Gasteiger charge is -2.27. The number of aromatic nitrogens is 2. The van der Waals surface area contributed by atoms with Crippen LogP contribution in [0.25, 0.3) is 11.4 Å². The molecule has 2 saturated heterocycles. The largest absolute Gasteiger partial charge is 0.381 e. The number of H-pyrrole nitrogens is 1. The predicted octanol–water partition coefficient (Wildman–Crippen LogP) is 4.36. The van der Waals surface area contributed by atoms with E-state index in [1.165, 1.54) is 0 Å². The summed E-state index contributed by atoms with van der Waals surface area (Å²) < 4.78 is 36.4. The fourth-order valence-corrected chi connectivity index (χ4v) is 7.43. The Labute approximate surface area is 236 Å². The van der Waals surface area contributed by atoms with Crippen molar-refractivity contribution in [3.8, 4) is 11.4 Å². The molecule has 1 amide bonds. The highest BCUT2D eigenvalue weighted by Crippen LogP contribution is 2.37. The van der Waals surface area contributed by atoms with Gasteiger partial charge in [0.2, 0.25) is 5.91 Å². The molecule has 2 aromatic heterocycles. The van der Waals surface area contributed by atoms with Crippen LogP contribution in [-0.4, -0.2) is 74.0 Å². The maximum Gasteiger partial charge on any atom is 0.227 e. The first-order chi connectivity index (χ1) is 19.5. The van der Waals surface area contributed by atoms with Gasteiger partial charge in [-0.1, -0.05) is 18.2 Å². The van der Waals surface area contributed by atoms with Crippen molar-refractivity contribution >= 4 is 15.7 Å². The molecule has 40 heavy (non-hydrogen) atoms. The third-order valence-electron chi connectivity index (χ3n) is 8.39. The first-order valence-electron chi connectivity index (χ1n) is 14.4. The van der Waals surface area contributed by atoms with Crippen molar-refractivity contribution in [3.63, 3.8) is 0 Å². The number of hydrogen-bond acceptors (Lipinski definition) is 6. The van der Waals surface area contributed by atoms with Crippen molar-refractivity contribution in [1.82, 2.24) is 14.9 Å². The molecule has 0 radical (unpaired) electrons. The first kappa shape index (κ1) is 27.2. The summed E-state index contributed by atoms with van der Waals surface area (Å²) in [5.41, 5.74) is 4.84. The molecule has 9 heteroatoms. The fraction of sp³-hybridized carbons (Fsp3) is 0.484. The summed E-state index contributed by atoms with van der Waals surface area (Å²) >= 11 is 0. The van der Waals surface area contributed by atoms with Gasteiger partial charge in [0.15, 0.2) is 9.84 Å². The monoisotopic (exact) mass is 563 g/mol. The number of carbonyl (C=O) groups is 1. The van der Waals surface area contributed by atoms with Gasteiger partial charge in [0.1, 0.15) is 0 Å². The smallest absolute Gasteiger partial charge is 0.227 e. The zero-order valence-corrected chi connectivity index (χ0v) is 23.6. The molecule has 1 saturated carbocycles. The summed E-state index contributed by atoms with van der Waals surface area (Å²) in [5.74, 6) is 0.758. The number of carbonyl (C=O) groups excluding carboxylic acids is 1. The molecule has 2 aliphatic heterocycles. The van der Waals surface area contributed by atoms with Crippen LogP contribution in [0.1, 0.15) is 54.8 Å². The van der Waals surface area contributed by atoms with Gasteiger partial charge in [-0.2, -0.15) is 0 Å². The van der Waals surface area contributed by atoms with Crippen LogP contribution in [-0.2, 0) is 30.5 Å². The Bertz CT molecular complexity index is 1400. The number of hydrogen-bond donors (Lipinski definition) is 1. The van der Waals surface area contributed by atoms with Crippen LogP contribution in [0.3, 0.4) is 0 Å². The van der Waals surface area contributed by atoms with Gasteiger partial charge in [-0.15, -0.1) is 0 Å². The van der Waals surface area contributed by atoms with Crippen LogP contribution < -0.4 is 0 Å². The van der Waals surface area contributed by atoms with Crippen molar-refractivity contribution in [2.45, 2.75) is 54.6 Å². The van der Waals surface area contributed by atoms with E-state index in [-0.39, 0.29) is 17.1 Å². The number of amides is 1. The third-order valence-corrected chi connectivity index (χ3v) is 10.7. The molecular formula is C31H37N3O5S. The van der Waals surface area contributed by atoms with Crippen molar-refractivity contribution in [1.29, 1.82) is 0 Å². The van der Waals surface area contributed by atoms with Crippen LogP contribution in [0, 0.1) is 5.92 Å². The highest BCUT2D eigenvalue weighted by molar-refractivity contribution is 7.92. The zero-order valence-electron chi connectivity index (χ0n) is 22.8. The van der Waals surface area contributed by atoms with E-state index in [0.717, 1.165) is 73.5 Å². The lowest BCUT2D eigenvalue weighted by molar-refractivity contribution is -0.134. The predicted molar refractivity (Wildman–Crippen MR) is 152 cm³/mol. The third kappa shape index (κ3) is 6.16. The van der Waals surface area contributed by atoms with Gasteiger partial charge in [0.25, 0.3) is 0 Å². The van der Waals surface area contributed by atoms with Crippen molar-refractivity contribution < 1.29 is 22.7 Å². The zero-order chi connectivity index (χ0) is 27.5. The van der Waals surface area contributed by atoms with Crippen LogP contribution in [0.4, 0.5) is 0 Å². The Morgan fingerprint density at radius 1 is 0.925 bits per heavy atom. The number of ether oxygens (including phenoxy) is 2. The van der Waals surface area contributed by atoms with Crippen LogP contribution in [0.5, 0.6) is 0 Å².